The largest absolute Gasteiger partial charge is 0.370 e. The average Bonchev–Trinajstić information content (AvgIpc) is 2.79. The van der Waals surface area contributed by atoms with E-state index in [2.05, 4.69) is 10.1 Å². The molecule has 0 atom stereocenters. The van der Waals surface area contributed by atoms with Crippen molar-refractivity contribution in [2.45, 2.75) is 13.5 Å². The summed E-state index contributed by atoms with van der Waals surface area (Å²) in [6, 6.07) is 7.90. The van der Waals surface area contributed by atoms with Gasteiger partial charge in [-0.3, -0.25) is 0 Å². The van der Waals surface area contributed by atoms with Crippen LogP contribution in [0.15, 0.2) is 28.8 Å². The van der Waals surface area contributed by atoms with E-state index in [1.165, 1.54) is 0 Å². The molecular formula is C12H15N3O2. The molecule has 0 bridgehead atoms. The molecule has 0 spiro atoms. The van der Waals surface area contributed by atoms with Crippen LogP contribution in [0, 0.1) is 6.92 Å². The van der Waals surface area contributed by atoms with Gasteiger partial charge in [-0.15, -0.1) is 0 Å². The van der Waals surface area contributed by atoms with Gasteiger partial charge < -0.3 is 15.0 Å². The van der Waals surface area contributed by atoms with Crippen LogP contribution in [-0.2, 0) is 11.3 Å². The first kappa shape index (κ1) is 11.8. The van der Waals surface area contributed by atoms with Crippen LogP contribution in [0.4, 0.5) is 0 Å². The standard InChI is InChI=1S/C12H15N3O2/c1-9-4-2-3-5-10(9)12-14-11(17-15-12)8-16-7-6-13/h2-5H,6-8,13H2,1H3. The number of aromatic nitrogens is 2. The molecule has 90 valence electrons. The third-order valence-corrected chi connectivity index (χ3v) is 2.34. The maximum atomic E-state index is 5.32. The molecule has 1 aromatic heterocycles. The van der Waals surface area contributed by atoms with Gasteiger partial charge in [0.05, 0.1) is 6.61 Å². The fraction of sp³-hybridized carbons (Fsp3) is 0.333. The zero-order valence-electron chi connectivity index (χ0n) is 9.72. The number of hydrogen-bond acceptors (Lipinski definition) is 5. The maximum absolute atomic E-state index is 5.32. The molecule has 0 amide bonds. The highest BCUT2D eigenvalue weighted by Crippen LogP contribution is 2.19. The summed E-state index contributed by atoms with van der Waals surface area (Å²) >= 11 is 0. The smallest absolute Gasteiger partial charge is 0.252 e. The summed E-state index contributed by atoms with van der Waals surface area (Å²) in [4.78, 5) is 4.27. The molecule has 0 unspecified atom stereocenters. The fourth-order valence-electron chi connectivity index (χ4n) is 1.49. The van der Waals surface area contributed by atoms with E-state index in [-0.39, 0.29) is 0 Å². The molecule has 2 N–H and O–H groups in total. The second-order valence-corrected chi connectivity index (χ2v) is 3.67. The summed E-state index contributed by atoms with van der Waals surface area (Å²) in [7, 11) is 0. The Kier molecular flexibility index (Phi) is 3.85. The molecular weight excluding hydrogens is 218 g/mol. The molecule has 0 aliphatic rings. The first-order valence-electron chi connectivity index (χ1n) is 5.47. The van der Waals surface area contributed by atoms with Gasteiger partial charge >= 0.3 is 0 Å². The van der Waals surface area contributed by atoms with Crippen LogP contribution in [-0.4, -0.2) is 23.3 Å². The summed E-state index contributed by atoms with van der Waals surface area (Å²) in [6.07, 6.45) is 0. The van der Waals surface area contributed by atoms with E-state index in [4.69, 9.17) is 15.0 Å². The molecule has 2 rings (SSSR count). The van der Waals surface area contributed by atoms with E-state index in [1.807, 2.05) is 31.2 Å². The molecule has 0 saturated carbocycles. The van der Waals surface area contributed by atoms with E-state index in [9.17, 15) is 0 Å². The molecule has 1 heterocycles. The SMILES string of the molecule is Cc1ccccc1-c1noc(COCCN)n1. The van der Waals surface area contributed by atoms with E-state index < -0.39 is 0 Å². The van der Waals surface area contributed by atoms with Crippen molar-refractivity contribution in [3.63, 3.8) is 0 Å². The highest BCUT2D eigenvalue weighted by atomic mass is 16.5. The molecule has 1 aromatic carbocycles. The van der Waals surface area contributed by atoms with Gasteiger partial charge in [0, 0.05) is 12.1 Å². The molecule has 0 fully saturated rings. The molecule has 5 nitrogen and oxygen atoms in total. The fourth-order valence-corrected chi connectivity index (χ4v) is 1.49. The predicted molar refractivity (Wildman–Crippen MR) is 63.2 cm³/mol. The second kappa shape index (κ2) is 5.56. The van der Waals surface area contributed by atoms with Gasteiger partial charge in [0.2, 0.25) is 5.82 Å². The van der Waals surface area contributed by atoms with Gasteiger partial charge in [0.1, 0.15) is 6.61 Å². The van der Waals surface area contributed by atoms with Gasteiger partial charge in [-0.2, -0.15) is 4.98 Å². The first-order valence-corrected chi connectivity index (χ1v) is 5.47. The van der Waals surface area contributed by atoms with E-state index in [0.717, 1.165) is 11.1 Å². The lowest BCUT2D eigenvalue weighted by Crippen LogP contribution is -2.08. The quantitative estimate of drug-likeness (QED) is 0.792. The molecule has 17 heavy (non-hydrogen) atoms. The Morgan fingerprint density at radius 2 is 2.18 bits per heavy atom. The van der Waals surface area contributed by atoms with Crippen molar-refractivity contribution in [2.75, 3.05) is 13.2 Å². The van der Waals surface area contributed by atoms with Gasteiger partial charge in [-0.05, 0) is 12.5 Å². The number of rotatable bonds is 5. The lowest BCUT2D eigenvalue weighted by Gasteiger charge is -1.98. The zero-order chi connectivity index (χ0) is 12.1. The Bertz CT molecular complexity index is 482. The molecule has 5 heteroatoms. The topological polar surface area (TPSA) is 74.2 Å². The predicted octanol–water partition coefficient (Wildman–Crippen LogP) is 1.52. The Hall–Kier alpha value is -1.72. The maximum Gasteiger partial charge on any atom is 0.252 e. The summed E-state index contributed by atoms with van der Waals surface area (Å²) in [6.45, 7) is 3.28. The highest BCUT2D eigenvalue weighted by molar-refractivity contribution is 5.58. The number of benzene rings is 1. The van der Waals surface area contributed by atoms with Gasteiger partial charge in [-0.25, -0.2) is 0 Å². The summed E-state index contributed by atoms with van der Waals surface area (Å²) in [5, 5.41) is 3.93. The minimum Gasteiger partial charge on any atom is -0.370 e. The summed E-state index contributed by atoms with van der Waals surface area (Å²) < 4.78 is 10.3. The van der Waals surface area contributed by atoms with Crippen molar-refractivity contribution in [3.8, 4) is 11.4 Å². The Morgan fingerprint density at radius 3 is 2.94 bits per heavy atom. The Morgan fingerprint density at radius 1 is 1.35 bits per heavy atom. The average molecular weight is 233 g/mol. The van der Waals surface area contributed by atoms with Crippen molar-refractivity contribution >= 4 is 0 Å². The molecule has 0 aliphatic carbocycles. The Labute approximate surface area is 99.6 Å². The van der Waals surface area contributed by atoms with Crippen molar-refractivity contribution in [3.05, 3.63) is 35.7 Å². The van der Waals surface area contributed by atoms with Crippen LogP contribution in [0.3, 0.4) is 0 Å². The Balaban J connectivity index is 2.10. The van der Waals surface area contributed by atoms with Crippen LogP contribution in [0.25, 0.3) is 11.4 Å². The number of aryl methyl sites for hydroxylation is 1. The zero-order valence-corrected chi connectivity index (χ0v) is 9.72. The molecule has 2 aromatic rings. The normalized spacial score (nSPS) is 10.7. The van der Waals surface area contributed by atoms with Crippen molar-refractivity contribution in [1.29, 1.82) is 0 Å². The lowest BCUT2D eigenvalue weighted by molar-refractivity contribution is 0.104. The molecule has 0 aliphatic heterocycles. The minimum absolute atomic E-state index is 0.302. The third-order valence-electron chi connectivity index (χ3n) is 2.34. The monoisotopic (exact) mass is 233 g/mol. The second-order valence-electron chi connectivity index (χ2n) is 3.67. The van der Waals surface area contributed by atoms with Gasteiger partial charge in [0.15, 0.2) is 0 Å². The number of nitrogens with two attached hydrogens (primary N) is 1. The number of ether oxygens (including phenoxy) is 1. The van der Waals surface area contributed by atoms with Crippen LogP contribution >= 0.6 is 0 Å². The van der Waals surface area contributed by atoms with Gasteiger partial charge in [0.25, 0.3) is 5.89 Å². The van der Waals surface area contributed by atoms with Crippen molar-refractivity contribution in [1.82, 2.24) is 10.1 Å². The van der Waals surface area contributed by atoms with Crippen LogP contribution in [0.5, 0.6) is 0 Å². The third kappa shape index (κ3) is 2.89. The minimum atomic E-state index is 0.302. The summed E-state index contributed by atoms with van der Waals surface area (Å²) in [5.41, 5.74) is 7.40. The molecule has 0 radical (unpaired) electrons. The van der Waals surface area contributed by atoms with E-state index in [1.54, 1.807) is 0 Å². The highest BCUT2D eigenvalue weighted by Gasteiger charge is 2.09. The lowest BCUT2D eigenvalue weighted by atomic mass is 10.1. The van der Waals surface area contributed by atoms with E-state index in [0.29, 0.717) is 31.5 Å². The van der Waals surface area contributed by atoms with E-state index >= 15 is 0 Å². The number of hydrogen-bond donors (Lipinski definition) is 1. The number of nitrogens with zero attached hydrogens (tertiary/aromatic N) is 2. The van der Waals surface area contributed by atoms with Crippen LogP contribution in [0.2, 0.25) is 0 Å². The van der Waals surface area contributed by atoms with Crippen molar-refractivity contribution < 1.29 is 9.26 Å². The first-order chi connectivity index (χ1) is 8.31. The molecule has 0 saturated heterocycles. The van der Waals surface area contributed by atoms with Crippen LogP contribution in [0.1, 0.15) is 11.5 Å². The van der Waals surface area contributed by atoms with Gasteiger partial charge in [-0.1, -0.05) is 29.4 Å². The van der Waals surface area contributed by atoms with Crippen molar-refractivity contribution in [2.24, 2.45) is 5.73 Å². The van der Waals surface area contributed by atoms with Crippen LogP contribution < -0.4 is 5.73 Å². The summed E-state index contributed by atoms with van der Waals surface area (Å²) in [5.74, 6) is 1.06.